The van der Waals surface area contributed by atoms with E-state index in [0.717, 1.165) is 0 Å². The van der Waals surface area contributed by atoms with Gasteiger partial charge in [-0.25, -0.2) is 0 Å². The van der Waals surface area contributed by atoms with Gasteiger partial charge in [0, 0.05) is 25.1 Å². The fraction of sp³-hybridized carbons (Fsp3) is 0.545. The molecule has 1 unspecified atom stereocenters. The molecule has 0 radical (unpaired) electrons. The molecule has 0 saturated carbocycles. The van der Waals surface area contributed by atoms with Crippen LogP contribution in [0.15, 0.2) is 6.20 Å². The summed E-state index contributed by atoms with van der Waals surface area (Å²) in [7, 11) is 1.70. The second kappa shape index (κ2) is 4.97. The lowest BCUT2D eigenvalue weighted by Gasteiger charge is -2.14. The zero-order valence-corrected chi connectivity index (χ0v) is 10.9. The fourth-order valence-electron chi connectivity index (χ4n) is 2.10. The number of rotatable bonds is 3. The summed E-state index contributed by atoms with van der Waals surface area (Å²) in [5, 5.41) is 7.11. The van der Waals surface area contributed by atoms with Crippen LogP contribution in [0.25, 0.3) is 0 Å². The van der Waals surface area contributed by atoms with Crippen LogP contribution in [0.1, 0.15) is 18.4 Å². The molecule has 0 aliphatic carbocycles. The lowest BCUT2D eigenvalue weighted by Crippen LogP contribution is -2.29. The number of nitrogens with one attached hydrogen (secondary N) is 1. The third kappa shape index (κ3) is 2.08. The van der Waals surface area contributed by atoms with Crippen molar-refractivity contribution in [1.29, 1.82) is 0 Å². The third-order valence-electron chi connectivity index (χ3n) is 3.01. The minimum atomic E-state index is -0.841. The summed E-state index contributed by atoms with van der Waals surface area (Å²) in [4.78, 5) is 23.5. The van der Waals surface area contributed by atoms with Crippen molar-refractivity contribution in [2.45, 2.75) is 12.8 Å². The number of hydrogen-bond acceptors (Lipinski definition) is 4. The van der Waals surface area contributed by atoms with Gasteiger partial charge in [0.25, 0.3) is 0 Å². The van der Waals surface area contributed by atoms with Crippen LogP contribution in [0.5, 0.6) is 0 Å². The summed E-state index contributed by atoms with van der Waals surface area (Å²) in [5.74, 6) is -2.00. The van der Waals surface area contributed by atoms with Crippen LogP contribution in [0.4, 0.5) is 0 Å². The molecular weight excluding hydrogens is 258 g/mol. The molecule has 6 nitrogen and oxygen atoms in total. The average Bonchev–Trinajstić information content (AvgIpc) is 2.85. The highest BCUT2D eigenvalue weighted by Crippen LogP contribution is 2.33. The van der Waals surface area contributed by atoms with Crippen molar-refractivity contribution in [2.75, 3.05) is 13.2 Å². The Balaban J connectivity index is 2.29. The maximum Gasteiger partial charge on any atom is 0.319 e. The Bertz CT molecular complexity index is 486. The van der Waals surface area contributed by atoms with E-state index >= 15 is 0 Å². The van der Waals surface area contributed by atoms with Crippen molar-refractivity contribution in [3.8, 4) is 0 Å². The van der Waals surface area contributed by atoms with Gasteiger partial charge in [0.05, 0.1) is 12.8 Å². The maximum absolute atomic E-state index is 11.8. The lowest BCUT2D eigenvalue weighted by molar-refractivity contribution is -0.151. The number of halogens is 1. The number of aromatic nitrogens is 2. The number of carbonyl (C=O) groups excluding carboxylic acids is 2. The monoisotopic (exact) mass is 271 g/mol. The summed E-state index contributed by atoms with van der Waals surface area (Å²) in [5.41, 5.74) is 0.690. The average molecular weight is 272 g/mol. The molecule has 18 heavy (non-hydrogen) atoms. The van der Waals surface area contributed by atoms with Crippen molar-refractivity contribution in [3.63, 3.8) is 0 Å². The quantitative estimate of drug-likeness (QED) is 0.641. The van der Waals surface area contributed by atoms with E-state index in [-0.39, 0.29) is 18.4 Å². The Hall–Kier alpha value is -1.56. The van der Waals surface area contributed by atoms with Crippen LogP contribution in [-0.4, -0.2) is 34.8 Å². The molecule has 1 aromatic heterocycles. The molecular formula is C11H14ClN3O3. The molecule has 2 atom stereocenters. The number of esters is 1. The normalized spacial score (nSPS) is 22.9. The van der Waals surface area contributed by atoms with Gasteiger partial charge in [-0.3, -0.25) is 14.3 Å². The molecule has 1 aromatic rings. The minimum Gasteiger partial charge on any atom is -0.465 e. The molecule has 1 saturated heterocycles. The van der Waals surface area contributed by atoms with Gasteiger partial charge in [0.1, 0.15) is 11.1 Å². The van der Waals surface area contributed by atoms with Crippen molar-refractivity contribution >= 4 is 23.5 Å². The Morgan fingerprint density at radius 2 is 2.44 bits per heavy atom. The number of nitrogens with zero attached hydrogens (tertiary/aromatic N) is 2. The van der Waals surface area contributed by atoms with Crippen LogP contribution in [0.2, 0.25) is 5.15 Å². The molecule has 1 aliphatic rings. The van der Waals surface area contributed by atoms with Crippen LogP contribution >= 0.6 is 11.6 Å². The summed E-state index contributed by atoms with van der Waals surface area (Å²) < 4.78 is 6.43. The van der Waals surface area contributed by atoms with Crippen molar-refractivity contribution < 1.29 is 14.3 Å². The van der Waals surface area contributed by atoms with Gasteiger partial charge in [0.2, 0.25) is 5.91 Å². The first-order valence-electron chi connectivity index (χ1n) is 5.68. The first kappa shape index (κ1) is 12.9. The Labute approximate surface area is 109 Å². The van der Waals surface area contributed by atoms with Gasteiger partial charge >= 0.3 is 5.97 Å². The largest absolute Gasteiger partial charge is 0.465 e. The van der Waals surface area contributed by atoms with E-state index in [4.69, 9.17) is 16.3 Å². The number of ether oxygens (including phenoxy) is 1. The number of amides is 1. The molecule has 1 fully saturated rings. The van der Waals surface area contributed by atoms with E-state index in [1.807, 2.05) is 0 Å². The van der Waals surface area contributed by atoms with E-state index in [1.54, 1.807) is 20.2 Å². The van der Waals surface area contributed by atoms with E-state index in [2.05, 4.69) is 10.4 Å². The fourth-order valence-corrected chi connectivity index (χ4v) is 2.33. The first-order valence-corrected chi connectivity index (χ1v) is 6.05. The molecule has 2 rings (SSSR count). The van der Waals surface area contributed by atoms with Gasteiger partial charge in [-0.05, 0) is 6.92 Å². The Morgan fingerprint density at radius 3 is 3.00 bits per heavy atom. The Kier molecular flexibility index (Phi) is 3.56. The molecule has 1 amide bonds. The zero-order chi connectivity index (χ0) is 13.3. The van der Waals surface area contributed by atoms with Crippen molar-refractivity contribution in [3.05, 3.63) is 16.9 Å². The highest BCUT2D eigenvalue weighted by molar-refractivity contribution is 6.30. The molecule has 0 spiro atoms. The number of aryl methyl sites for hydroxylation is 1. The number of hydrogen-bond donors (Lipinski definition) is 1. The van der Waals surface area contributed by atoms with Gasteiger partial charge in [-0.2, -0.15) is 5.10 Å². The molecule has 7 heteroatoms. The second-order valence-corrected chi connectivity index (χ2v) is 4.45. The predicted octanol–water partition coefficient (Wildman–Crippen LogP) is 0.466. The topological polar surface area (TPSA) is 73.2 Å². The summed E-state index contributed by atoms with van der Waals surface area (Å²) in [6.45, 7) is 2.32. The standard InChI is InChI=1S/C11H14ClN3O3/c1-3-18-11(17)8-6(4-13-10(8)16)7-5-14-15(2)9(7)12/h5-6,8H,3-4H2,1-2H3,(H,13,16)/t6?,8-/m1/s1. The number of carbonyl (C=O) groups is 2. The zero-order valence-electron chi connectivity index (χ0n) is 10.1. The highest BCUT2D eigenvalue weighted by Gasteiger charge is 2.43. The molecule has 0 aromatic carbocycles. The second-order valence-electron chi connectivity index (χ2n) is 4.10. The van der Waals surface area contributed by atoms with E-state index in [9.17, 15) is 9.59 Å². The van der Waals surface area contributed by atoms with Gasteiger partial charge in [-0.15, -0.1) is 0 Å². The third-order valence-corrected chi connectivity index (χ3v) is 3.48. The maximum atomic E-state index is 11.8. The van der Waals surface area contributed by atoms with Crippen molar-refractivity contribution in [1.82, 2.24) is 15.1 Å². The SMILES string of the molecule is CCOC(=O)[C@H]1C(=O)NCC1c1cnn(C)c1Cl. The van der Waals surface area contributed by atoms with Gasteiger partial charge in [0.15, 0.2) is 0 Å². The lowest BCUT2D eigenvalue weighted by atomic mass is 9.90. The Morgan fingerprint density at radius 1 is 1.72 bits per heavy atom. The van der Waals surface area contributed by atoms with E-state index in [1.165, 1.54) is 4.68 Å². The van der Waals surface area contributed by atoms with Crippen LogP contribution in [0.3, 0.4) is 0 Å². The predicted molar refractivity (Wildman–Crippen MR) is 64.1 cm³/mol. The molecule has 1 N–H and O–H groups in total. The molecule has 2 heterocycles. The highest BCUT2D eigenvalue weighted by atomic mass is 35.5. The van der Waals surface area contributed by atoms with Crippen LogP contribution in [-0.2, 0) is 21.4 Å². The molecule has 1 aliphatic heterocycles. The van der Waals surface area contributed by atoms with E-state index < -0.39 is 11.9 Å². The van der Waals surface area contributed by atoms with Crippen LogP contribution < -0.4 is 5.32 Å². The summed E-state index contributed by atoms with van der Waals surface area (Å²) in [6, 6.07) is 0. The minimum absolute atomic E-state index is 0.246. The van der Waals surface area contributed by atoms with Gasteiger partial charge in [-0.1, -0.05) is 11.6 Å². The summed E-state index contributed by atoms with van der Waals surface area (Å²) in [6.07, 6.45) is 1.58. The molecule has 98 valence electrons. The van der Waals surface area contributed by atoms with Crippen LogP contribution in [0, 0.1) is 5.92 Å². The van der Waals surface area contributed by atoms with Crippen molar-refractivity contribution in [2.24, 2.45) is 13.0 Å². The molecule has 0 bridgehead atoms. The first-order chi connectivity index (χ1) is 8.56. The summed E-state index contributed by atoms with van der Waals surface area (Å²) >= 11 is 6.09. The van der Waals surface area contributed by atoms with E-state index in [0.29, 0.717) is 17.3 Å². The van der Waals surface area contributed by atoms with Gasteiger partial charge < -0.3 is 10.1 Å². The smallest absolute Gasteiger partial charge is 0.319 e.